The van der Waals surface area contributed by atoms with Gasteiger partial charge in [-0.15, -0.1) is 11.3 Å². The first kappa shape index (κ1) is 31.9. The Morgan fingerprint density at radius 1 is 0.812 bits per heavy atom. The molecule has 0 fully saturated rings. The number of pyridine rings is 2. The van der Waals surface area contributed by atoms with E-state index in [9.17, 15) is 0 Å². The van der Waals surface area contributed by atoms with Crippen LogP contribution in [0, 0.1) is 32.6 Å². The van der Waals surface area contributed by atoms with Crippen LogP contribution in [0.3, 0.4) is 0 Å². The van der Waals surface area contributed by atoms with E-state index >= 15 is 0 Å². The monoisotopic (exact) mass is 809 g/mol. The minimum absolute atomic E-state index is 0. The van der Waals surface area contributed by atoms with E-state index in [0.29, 0.717) is 11.8 Å². The molecule has 0 amide bonds. The maximum Gasteiger partial charge on any atom is 0.219 e. The average Bonchev–Trinajstić information content (AvgIpc) is 3.73. The summed E-state index contributed by atoms with van der Waals surface area (Å²) in [6.45, 7) is 12.7. The van der Waals surface area contributed by atoms with Crippen LogP contribution in [0.25, 0.3) is 16.8 Å². The Hall–Kier alpha value is -4.67. The molecule has 0 saturated carbocycles. The fraction of sp³-hybridized carbons (Fsp3) is 0.195. The van der Waals surface area contributed by atoms with E-state index in [1.807, 2.05) is 47.8 Å². The summed E-state index contributed by atoms with van der Waals surface area (Å²) >= 11 is 0. The summed E-state index contributed by atoms with van der Waals surface area (Å²) in [5.74, 6) is 1.07. The molecular formula is C41H36N5OPt-3. The molecule has 0 unspecified atom stereocenters. The number of hydrogen-bond acceptors (Lipinski definition) is 5. The number of imidazole rings is 1. The number of rotatable bonds is 5. The molecule has 1 aliphatic heterocycles. The molecule has 0 atom stereocenters. The van der Waals surface area contributed by atoms with Crippen molar-refractivity contribution in [3.63, 3.8) is 0 Å². The van der Waals surface area contributed by atoms with Gasteiger partial charge in [0.1, 0.15) is 5.88 Å². The summed E-state index contributed by atoms with van der Waals surface area (Å²) in [6.07, 6.45) is 5.90. The zero-order valence-corrected chi connectivity index (χ0v) is 30.1. The number of aryl methyl sites for hydroxylation is 2. The third-order valence-corrected chi connectivity index (χ3v) is 9.48. The van der Waals surface area contributed by atoms with E-state index < -0.39 is 5.41 Å². The summed E-state index contributed by atoms with van der Waals surface area (Å²) in [5.41, 5.74) is 10.7. The van der Waals surface area contributed by atoms with Crippen LogP contribution in [0.4, 0.5) is 5.69 Å². The van der Waals surface area contributed by atoms with Crippen LogP contribution in [-0.4, -0.2) is 26.3 Å². The quantitative estimate of drug-likeness (QED) is 0.163. The van der Waals surface area contributed by atoms with Crippen molar-refractivity contribution in [2.75, 3.05) is 11.9 Å². The van der Waals surface area contributed by atoms with Crippen molar-refractivity contribution in [2.45, 2.75) is 45.4 Å². The van der Waals surface area contributed by atoms with Crippen molar-refractivity contribution in [3.05, 3.63) is 162 Å². The molecule has 7 heteroatoms. The van der Waals surface area contributed by atoms with Crippen LogP contribution in [-0.2, 0) is 31.9 Å². The fourth-order valence-electron chi connectivity index (χ4n) is 7.01. The molecule has 6 nitrogen and oxygen atoms in total. The molecule has 0 saturated heterocycles. The molecule has 4 heterocycles. The number of aromatic nitrogens is 3. The SMILES string of the molecule is Cc1nc2cc(C3(c4[c-]c(N5C=CN(C)[CH-]5)ccc4)c4ccccc4-c4ccccc43)[c-]c(Oc3cc(C(C)(C)C)ccn3)n2c1C.[Pt]. The second-order valence-electron chi connectivity index (χ2n) is 13.5. The van der Waals surface area contributed by atoms with Gasteiger partial charge in [0, 0.05) is 44.4 Å². The maximum absolute atomic E-state index is 6.71. The van der Waals surface area contributed by atoms with Gasteiger partial charge in [-0.25, -0.2) is 4.98 Å². The Kier molecular flexibility index (Phi) is 7.83. The van der Waals surface area contributed by atoms with Crippen molar-refractivity contribution in [1.29, 1.82) is 0 Å². The van der Waals surface area contributed by atoms with E-state index in [-0.39, 0.29) is 26.5 Å². The number of hydrogen-bond donors (Lipinski definition) is 0. The van der Waals surface area contributed by atoms with Gasteiger partial charge in [-0.2, -0.15) is 48.6 Å². The van der Waals surface area contributed by atoms with E-state index in [0.717, 1.165) is 39.4 Å². The Labute approximate surface area is 297 Å². The van der Waals surface area contributed by atoms with E-state index in [1.54, 1.807) is 0 Å². The number of ether oxygens (including phenoxy) is 1. The number of nitrogens with zero attached hydrogens (tertiary/aromatic N) is 5. The Morgan fingerprint density at radius 3 is 2.19 bits per heavy atom. The molecule has 8 rings (SSSR count). The van der Waals surface area contributed by atoms with Gasteiger partial charge in [0.2, 0.25) is 5.88 Å². The first-order chi connectivity index (χ1) is 22.6. The largest absolute Gasteiger partial charge is 0.510 e. The predicted molar refractivity (Wildman–Crippen MR) is 186 cm³/mol. The summed E-state index contributed by atoms with van der Waals surface area (Å²) in [4.78, 5) is 13.8. The molecule has 3 aromatic heterocycles. The number of benzene rings is 3. The summed E-state index contributed by atoms with van der Waals surface area (Å²) in [7, 11) is 2.03. The third kappa shape index (κ3) is 4.97. The molecule has 48 heavy (non-hydrogen) atoms. The summed E-state index contributed by atoms with van der Waals surface area (Å²) < 4.78 is 8.76. The zero-order valence-electron chi connectivity index (χ0n) is 27.9. The molecule has 3 aromatic carbocycles. The molecule has 2 aliphatic rings. The number of fused-ring (bicyclic) bond motifs is 4. The Morgan fingerprint density at radius 2 is 1.52 bits per heavy atom. The second-order valence-corrected chi connectivity index (χ2v) is 13.5. The van der Waals surface area contributed by atoms with Gasteiger partial charge in [0.25, 0.3) is 0 Å². The second kappa shape index (κ2) is 11.8. The topological polar surface area (TPSA) is 45.9 Å². The van der Waals surface area contributed by atoms with Gasteiger partial charge in [0.05, 0.1) is 11.3 Å². The van der Waals surface area contributed by atoms with Gasteiger partial charge in [-0.3, -0.25) is 9.38 Å². The minimum Gasteiger partial charge on any atom is -0.510 e. The van der Waals surface area contributed by atoms with Gasteiger partial charge >= 0.3 is 0 Å². The first-order valence-corrected chi connectivity index (χ1v) is 16.0. The number of anilines is 1. The standard InChI is InChI=1S/C41H36N5O.Pt/c1-27-28(2)46-37(43-27)23-31(25-39(46)47-38-24-29(18-19-42-38)40(3,4)5)41(30-12-11-13-32(22-30)45-21-20-44(6)26-45)35-16-9-7-14-33(35)34-15-8-10-17-36(34)41;/h7-21,23-24,26H,1-6H3;/q-3;. The smallest absolute Gasteiger partial charge is 0.219 e. The molecular weight excluding hydrogens is 774 g/mol. The van der Waals surface area contributed by atoms with Crippen LogP contribution in [0.1, 0.15) is 60.0 Å². The molecule has 244 valence electrons. The van der Waals surface area contributed by atoms with E-state index in [2.05, 4.69) is 135 Å². The van der Waals surface area contributed by atoms with Crippen molar-refractivity contribution in [1.82, 2.24) is 19.3 Å². The predicted octanol–water partition coefficient (Wildman–Crippen LogP) is 8.74. The van der Waals surface area contributed by atoms with E-state index in [1.165, 1.54) is 22.3 Å². The fourth-order valence-corrected chi connectivity index (χ4v) is 7.01. The molecule has 1 aliphatic carbocycles. The van der Waals surface area contributed by atoms with Crippen LogP contribution in [0.15, 0.2) is 104 Å². The molecule has 0 N–H and O–H groups in total. The van der Waals surface area contributed by atoms with Crippen LogP contribution in [0.5, 0.6) is 11.8 Å². The zero-order chi connectivity index (χ0) is 32.5. The van der Waals surface area contributed by atoms with Crippen LogP contribution in [0.2, 0.25) is 0 Å². The summed E-state index contributed by atoms with van der Waals surface area (Å²) in [6, 6.07) is 37.7. The molecule has 0 spiro atoms. The van der Waals surface area contributed by atoms with Gasteiger partial charge in [0.15, 0.2) is 0 Å². The van der Waals surface area contributed by atoms with Crippen molar-refractivity contribution in [3.8, 4) is 22.9 Å². The Bertz CT molecular complexity index is 2170. The van der Waals surface area contributed by atoms with Crippen LogP contribution < -0.4 is 9.64 Å². The molecule has 0 radical (unpaired) electrons. The first-order valence-electron chi connectivity index (χ1n) is 16.0. The maximum atomic E-state index is 6.71. The van der Waals surface area contributed by atoms with Gasteiger partial charge in [-0.05, 0) is 72.6 Å². The normalized spacial score (nSPS) is 14.6. The van der Waals surface area contributed by atoms with Crippen LogP contribution >= 0.6 is 0 Å². The van der Waals surface area contributed by atoms with E-state index in [4.69, 9.17) is 9.72 Å². The summed E-state index contributed by atoms with van der Waals surface area (Å²) in [5, 5.41) is 0. The van der Waals surface area contributed by atoms with Gasteiger partial charge in [-0.1, -0.05) is 69.3 Å². The average molecular weight is 810 g/mol. The van der Waals surface area contributed by atoms with Crippen molar-refractivity contribution >= 4 is 11.3 Å². The third-order valence-electron chi connectivity index (χ3n) is 9.48. The molecule has 6 aromatic rings. The van der Waals surface area contributed by atoms with Crippen molar-refractivity contribution in [2.24, 2.45) is 0 Å². The minimum atomic E-state index is -0.743. The van der Waals surface area contributed by atoms with Gasteiger partial charge < -0.3 is 14.5 Å². The van der Waals surface area contributed by atoms with Crippen molar-refractivity contribution < 1.29 is 25.8 Å². The Balaban J connectivity index is 0.00000364. The molecule has 0 bridgehead atoms.